The van der Waals surface area contributed by atoms with Crippen molar-refractivity contribution < 1.29 is 19.4 Å². The lowest BCUT2D eigenvalue weighted by Crippen LogP contribution is -2.70. The average Bonchev–Trinajstić information content (AvgIpc) is 2.82. The Bertz CT molecular complexity index is 656. The highest BCUT2D eigenvalue weighted by Crippen LogP contribution is 2.70. The first kappa shape index (κ1) is 17.5. The molecule has 3 nitrogen and oxygen atoms in total. The van der Waals surface area contributed by atoms with E-state index in [0.29, 0.717) is 38.5 Å². The van der Waals surface area contributed by atoms with Crippen molar-refractivity contribution in [3.63, 3.8) is 0 Å². The van der Waals surface area contributed by atoms with Crippen LogP contribution in [0.4, 0.5) is 4.39 Å². The molecule has 0 amide bonds. The average molecular weight is 348 g/mol. The summed E-state index contributed by atoms with van der Waals surface area (Å²) in [5.41, 5.74) is -4.27. The number of carbonyl (C=O) groups is 1. The van der Waals surface area contributed by atoms with Crippen molar-refractivity contribution in [2.24, 2.45) is 28.6 Å². The second kappa shape index (κ2) is 5.08. The number of rotatable bonds is 0. The number of halogens is 1. The van der Waals surface area contributed by atoms with Gasteiger partial charge in [-0.15, -0.1) is 6.42 Å². The lowest BCUT2D eigenvalue weighted by molar-refractivity contribution is -0.250. The van der Waals surface area contributed by atoms with Gasteiger partial charge in [0.2, 0.25) is 0 Å². The Hall–Kier alpha value is -0.920. The topological polar surface area (TPSA) is 57.5 Å². The molecule has 0 aliphatic heterocycles. The number of hydrogen-bond donors (Lipinski definition) is 2. The molecule has 4 aliphatic carbocycles. The van der Waals surface area contributed by atoms with Crippen molar-refractivity contribution in [3.8, 4) is 12.3 Å². The molecule has 0 saturated heterocycles. The molecule has 0 radical (unpaired) electrons. The maximum Gasteiger partial charge on any atom is 0.145 e. The predicted octanol–water partition coefficient (Wildman–Crippen LogP) is 3.03. The van der Waals surface area contributed by atoms with E-state index in [1.165, 1.54) is 0 Å². The number of aliphatic hydroxyl groups excluding tert-OH is 1. The Morgan fingerprint density at radius 2 is 1.88 bits per heavy atom. The molecule has 0 bridgehead atoms. The van der Waals surface area contributed by atoms with E-state index in [1.54, 1.807) is 0 Å². The van der Waals surface area contributed by atoms with Gasteiger partial charge in [0, 0.05) is 23.7 Å². The summed E-state index contributed by atoms with van der Waals surface area (Å²) in [4.78, 5) is 11.9. The van der Waals surface area contributed by atoms with Gasteiger partial charge in [0.05, 0.1) is 6.10 Å². The molecule has 0 aromatic heterocycles. The minimum Gasteiger partial charge on any atom is -0.390 e. The summed E-state index contributed by atoms with van der Waals surface area (Å²) in [7, 11) is 0. The van der Waals surface area contributed by atoms with Crippen LogP contribution in [-0.4, -0.2) is 33.4 Å². The normalized spacial score (nSPS) is 58.0. The van der Waals surface area contributed by atoms with Crippen LogP contribution in [0.5, 0.6) is 0 Å². The first-order chi connectivity index (χ1) is 11.6. The van der Waals surface area contributed by atoms with Gasteiger partial charge in [-0.3, -0.25) is 4.79 Å². The molecule has 4 saturated carbocycles. The Morgan fingerprint density at radius 1 is 1.16 bits per heavy atom. The van der Waals surface area contributed by atoms with Crippen molar-refractivity contribution in [1.82, 2.24) is 0 Å². The maximum absolute atomic E-state index is 16.7. The van der Waals surface area contributed by atoms with Gasteiger partial charge in [0.25, 0.3) is 0 Å². The molecule has 4 fully saturated rings. The van der Waals surface area contributed by atoms with Crippen molar-refractivity contribution in [2.45, 2.75) is 82.6 Å². The second-order valence-electron chi connectivity index (χ2n) is 9.60. The third-order valence-electron chi connectivity index (χ3n) is 8.95. The van der Waals surface area contributed by atoms with Crippen molar-refractivity contribution in [2.75, 3.05) is 0 Å². The van der Waals surface area contributed by atoms with E-state index in [1.807, 2.05) is 13.8 Å². The fourth-order valence-electron chi connectivity index (χ4n) is 7.29. The summed E-state index contributed by atoms with van der Waals surface area (Å²) in [5.74, 6) is 2.49. The van der Waals surface area contributed by atoms with E-state index in [4.69, 9.17) is 6.42 Å². The zero-order valence-corrected chi connectivity index (χ0v) is 15.2. The molecule has 0 aromatic carbocycles. The van der Waals surface area contributed by atoms with Crippen LogP contribution < -0.4 is 0 Å². The molecule has 4 rings (SSSR count). The molecular formula is C21H29FO3. The summed E-state index contributed by atoms with van der Waals surface area (Å²) in [6.45, 7) is 3.89. The third kappa shape index (κ3) is 1.87. The molecule has 0 spiro atoms. The van der Waals surface area contributed by atoms with Crippen LogP contribution in [0, 0.1) is 40.9 Å². The summed E-state index contributed by atoms with van der Waals surface area (Å²) < 4.78 is 16.7. The molecule has 0 aromatic rings. The number of terminal acetylenes is 1. The Labute approximate surface area is 149 Å². The molecule has 2 N–H and O–H groups in total. The molecule has 25 heavy (non-hydrogen) atoms. The molecule has 0 heterocycles. The molecule has 0 unspecified atom stereocenters. The van der Waals surface area contributed by atoms with E-state index < -0.39 is 28.2 Å². The maximum atomic E-state index is 16.7. The first-order valence-electron chi connectivity index (χ1n) is 9.71. The Kier molecular flexibility index (Phi) is 3.55. The highest BCUT2D eigenvalue weighted by atomic mass is 19.1. The van der Waals surface area contributed by atoms with Crippen LogP contribution in [0.25, 0.3) is 0 Å². The largest absolute Gasteiger partial charge is 0.390 e. The first-order valence-corrected chi connectivity index (χ1v) is 9.71. The van der Waals surface area contributed by atoms with E-state index in [0.717, 1.165) is 6.42 Å². The fourth-order valence-corrected chi connectivity index (χ4v) is 7.29. The van der Waals surface area contributed by atoms with E-state index in [-0.39, 0.29) is 30.0 Å². The highest BCUT2D eigenvalue weighted by molar-refractivity contribution is 5.79. The Morgan fingerprint density at radius 3 is 2.56 bits per heavy atom. The van der Waals surface area contributed by atoms with Gasteiger partial charge in [0.1, 0.15) is 17.1 Å². The summed E-state index contributed by atoms with van der Waals surface area (Å²) in [6, 6.07) is 0. The molecule has 8 atom stereocenters. The minimum absolute atomic E-state index is 0.0157. The van der Waals surface area contributed by atoms with Crippen LogP contribution in [0.3, 0.4) is 0 Å². The number of fused-ring (bicyclic) bond motifs is 5. The zero-order valence-electron chi connectivity index (χ0n) is 15.2. The van der Waals surface area contributed by atoms with Crippen LogP contribution >= 0.6 is 0 Å². The predicted molar refractivity (Wildman–Crippen MR) is 92.3 cm³/mol. The fraction of sp³-hybridized carbons (Fsp3) is 0.857. The smallest absolute Gasteiger partial charge is 0.145 e. The number of carbonyl (C=O) groups excluding carboxylic acids is 1. The van der Waals surface area contributed by atoms with Gasteiger partial charge in [-0.2, -0.15) is 0 Å². The minimum atomic E-state index is -1.69. The number of aliphatic hydroxyl groups is 2. The molecule has 4 aliphatic rings. The zero-order chi connectivity index (χ0) is 18.3. The van der Waals surface area contributed by atoms with Gasteiger partial charge >= 0.3 is 0 Å². The van der Waals surface area contributed by atoms with Crippen molar-refractivity contribution in [3.05, 3.63) is 0 Å². The van der Waals surface area contributed by atoms with Gasteiger partial charge in [-0.05, 0) is 56.3 Å². The van der Waals surface area contributed by atoms with E-state index in [9.17, 15) is 15.0 Å². The van der Waals surface area contributed by atoms with Gasteiger partial charge in [-0.25, -0.2) is 4.39 Å². The van der Waals surface area contributed by atoms with Crippen LogP contribution in [-0.2, 0) is 4.79 Å². The quantitative estimate of drug-likeness (QED) is 0.662. The van der Waals surface area contributed by atoms with Crippen LogP contribution in [0.15, 0.2) is 0 Å². The Balaban J connectivity index is 1.78. The van der Waals surface area contributed by atoms with Gasteiger partial charge in [-0.1, -0.05) is 19.8 Å². The second-order valence-corrected chi connectivity index (χ2v) is 9.60. The summed E-state index contributed by atoms with van der Waals surface area (Å²) >= 11 is 0. The molecule has 4 heteroatoms. The highest BCUT2D eigenvalue weighted by Gasteiger charge is 2.73. The van der Waals surface area contributed by atoms with Crippen molar-refractivity contribution >= 4 is 5.78 Å². The summed E-state index contributed by atoms with van der Waals surface area (Å²) in [6.07, 6.45) is 8.74. The SMILES string of the molecule is C#C[C@]1(O)CC[C@H]2[C@@H]3CC[C@H]4CC(=O)CC[C@]4(C)[C@@]3(F)[C@H](O)C[C@@]21C. The number of Topliss-reactive ketones (excluding diaryl/α,β-unsaturated/α-hetero) is 1. The van der Waals surface area contributed by atoms with Gasteiger partial charge < -0.3 is 10.2 Å². The molecule has 138 valence electrons. The number of ketones is 1. The van der Waals surface area contributed by atoms with Crippen LogP contribution in [0.2, 0.25) is 0 Å². The van der Waals surface area contributed by atoms with Crippen molar-refractivity contribution in [1.29, 1.82) is 0 Å². The van der Waals surface area contributed by atoms with Gasteiger partial charge in [0.15, 0.2) is 0 Å². The van der Waals surface area contributed by atoms with Crippen LogP contribution in [0.1, 0.15) is 65.2 Å². The third-order valence-corrected chi connectivity index (χ3v) is 8.95. The lowest BCUT2D eigenvalue weighted by atomic mass is 9.42. The molecular weight excluding hydrogens is 319 g/mol. The lowest BCUT2D eigenvalue weighted by Gasteiger charge is -2.65. The number of alkyl halides is 1. The monoisotopic (exact) mass is 348 g/mol. The van der Waals surface area contributed by atoms with E-state index in [2.05, 4.69) is 5.92 Å². The van der Waals surface area contributed by atoms with E-state index >= 15 is 4.39 Å². The summed E-state index contributed by atoms with van der Waals surface area (Å²) in [5, 5.41) is 22.0. The number of hydrogen-bond acceptors (Lipinski definition) is 3. The standard InChI is InChI=1S/C21H29FO3/c1-4-20(25)10-8-15-16-6-5-13-11-14(23)7-9-18(13,2)21(16,22)17(24)12-19(15,20)3/h1,13,15-17,24-25H,5-12H2,2-3H3/t13-,15-,16-,17+,18-,19-,20-,21-/m0/s1.